The molecule has 7 nitrogen and oxygen atoms in total. The minimum absolute atomic E-state index is 0.00879. The number of nitro benzene ring substituents is 1. The van der Waals surface area contributed by atoms with E-state index in [1.54, 1.807) is 30.8 Å². The lowest BCUT2D eigenvalue weighted by Gasteiger charge is -2.15. The summed E-state index contributed by atoms with van der Waals surface area (Å²) in [6, 6.07) is 9.23. The predicted octanol–water partition coefficient (Wildman–Crippen LogP) is 4.18. The zero-order valence-corrected chi connectivity index (χ0v) is 17.3. The van der Waals surface area contributed by atoms with Crippen molar-refractivity contribution in [2.45, 2.75) is 31.7 Å². The number of nitrogens with one attached hydrogen (secondary N) is 2. The van der Waals surface area contributed by atoms with Crippen LogP contribution in [0.4, 0.5) is 17.1 Å². The maximum absolute atomic E-state index is 12.7. The molecule has 0 amide bonds. The van der Waals surface area contributed by atoms with Gasteiger partial charge in [-0.1, -0.05) is 17.7 Å². The molecule has 0 radical (unpaired) electrons. The number of hydrogen-bond donors (Lipinski definition) is 2. The molecule has 1 unspecified atom stereocenters. The molecule has 0 aliphatic heterocycles. The molecule has 1 atom stereocenters. The summed E-state index contributed by atoms with van der Waals surface area (Å²) < 4.78 is 27.9. The van der Waals surface area contributed by atoms with E-state index in [2.05, 4.69) is 10.0 Å². The first-order chi connectivity index (χ1) is 12.6. The Morgan fingerprint density at radius 2 is 1.81 bits per heavy atom. The van der Waals surface area contributed by atoms with E-state index in [1.165, 1.54) is 12.1 Å². The highest BCUT2D eigenvalue weighted by atomic mass is 32.2. The monoisotopic (exact) mass is 409 g/mol. The molecule has 0 aromatic heterocycles. The van der Waals surface area contributed by atoms with Crippen molar-refractivity contribution < 1.29 is 13.3 Å². The molecular formula is C18H23N3O4S2. The normalized spacial score (nSPS) is 12.4. The van der Waals surface area contributed by atoms with Crippen LogP contribution in [-0.4, -0.2) is 31.4 Å². The standard InChI is InChI=1S/C18H23N3O4S2/c1-12-5-7-16(13(2)9-12)20-27(24,25)15-6-8-17(18(10-15)21(22)23)19-14(3)11-26-4/h5-10,14,19-20H,11H2,1-4H3. The molecule has 0 fully saturated rings. The summed E-state index contributed by atoms with van der Waals surface area (Å²) in [4.78, 5) is 10.7. The number of thioether (sulfide) groups is 1. The number of sulfonamides is 1. The molecule has 146 valence electrons. The van der Waals surface area contributed by atoms with Gasteiger partial charge < -0.3 is 5.32 Å². The highest BCUT2D eigenvalue weighted by molar-refractivity contribution is 7.98. The number of nitrogens with zero attached hydrogens (tertiary/aromatic N) is 1. The van der Waals surface area contributed by atoms with Crippen molar-refractivity contribution >= 4 is 38.8 Å². The van der Waals surface area contributed by atoms with Crippen LogP contribution in [0.15, 0.2) is 41.3 Å². The number of nitro groups is 1. The van der Waals surface area contributed by atoms with Crippen molar-refractivity contribution in [3.8, 4) is 0 Å². The Hall–Kier alpha value is -2.26. The van der Waals surface area contributed by atoms with E-state index in [4.69, 9.17) is 0 Å². The second-order valence-electron chi connectivity index (χ2n) is 6.36. The van der Waals surface area contributed by atoms with Crippen LogP contribution in [-0.2, 0) is 10.0 Å². The van der Waals surface area contributed by atoms with E-state index < -0.39 is 14.9 Å². The highest BCUT2D eigenvalue weighted by Gasteiger charge is 2.22. The number of rotatable bonds is 8. The zero-order valence-electron chi connectivity index (χ0n) is 15.6. The van der Waals surface area contributed by atoms with Gasteiger partial charge in [0.05, 0.1) is 15.5 Å². The summed E-state index contributed by atoms with van der Waals surface area (Å²) in [6.07, 6.45) is 1.95. The van der Waals surface area contributed by atoms with Gasteiger partial charge in [-0.15, -0.1) is 0 Å². The fourth-order valence-electron chi connectivity index (χ4n) is 2.64. The third-order valence-electron chi connectivity index (χ3n) is 3.92. The van der Waals surface area contributed by atoms with Crippen LogP contribution < -0.4 is 10.0 Å². The first-order valence-electron chi connectivity index (χ1n) is 8.28. The summed E-state index contributed by atoms with van der Waals surface area (Å²) in [5.41, 5.74) is 2.26. The molecular weight excluding hydrogens is 386 g/mol. The van der Waals surface area contributed by atoms with Crippen LogP contribution >= 0.6 is 11.8 Å². The lowest BCUT2D eigenvalue weighted by molar-refractivity contribution is -0.384. The Morgan fingerprint density at radius 1 is 1.15 bits per heavy atom. The van der Waals surface area contributed by atoms with E-state index in [0.29, 0.717) is 11.4 Å². The molecule has 2 aromatic carbocycles. The van der Waals surface area contributed by atoms with Crippen LogP contribution in [0.3, 0.4) is 0 Å². The van der Waals surface area contributed by atoms with Crippen molar-refractivity contribution in [3.05, 3.63) is 57.6 Å². The van der Waals surface area contributed by atoms with Crippen molar-refractivity contribution in [2.75, 3.05) is 22.0 Å². The summed E-state index contributed by atoms with van der Waals surface area (Å²) in [6.45, 7) is 5.62. The Bertz CT molecular complexity index is 946. The maximum atomic E-state index is 12.7. The number of benzene rings is 2. The number of anilines is 2. The molecule has 0 heterocycles. The van der Waals surface area contributed by atoms with E-state index >= 15 is 0 Å². The second kappa shape index (κ2) is 8.62. The summed E-state index contributed by atoms with van der Waals surface area (Å²) in [5.74, 6) is 0.769. The minimum atomic E-state index is -3.95. The first kappa shape index (κ1) is 21.0. The van der Waals surface area contributed by atoms with Gasteiger partial charge in [-0.25, -0.2) is 8.42 Å². The Morgan fingerprint density at radius 3 is 2.41 bits per heavy atom. The molecule has 2 rings (SSSR count). The van der Waals surface area contributed by atoms with Gasteiger partial charge >= 0.3 is 0 Å². The molecule has 0 spiro atoms. The third kappa shape index (κ3) is 5.36. The molecule has 27 heavy (non-hydrogen) atoms. The van der Waals surface area contributed by atoms with Crippen molar-refractivity contribution in [3.63, 3.8) is 0 Å². The Balaban J connectivity index is 2.36. The van der Waals surface area contributed by atoms with Gasteiger partial charge in [0, 0.05) is 17.9 Å². The molecule has 0 saturated carbocycles. The average Bonchev–Trinajstić information content (AvgIpc) is 2.57. The van der Waals surface area contributed by atoms with E-state index in [9.17, 15) is 18.5 Å². The largest absolute Gasteiger partial charge is 0.376 e. The summed E-state index contributed by atoms with van der Waals surface area (Å²) in [7, 11) is -3.95. The van der Waals surface area contributed by atoms with Gasteiger partial charge in [0.1, 0.15) is 5.69 Å². The average molecular weight is 410 g/mol. The van der Waals surface area contributed by atoms with Crippen molar-refractivity contribution in [2.24, 2.45) is 0 Å². The molecule has 0 saturated heterocycles. The SMILES string of the molecule is CSCC(C)Nc1ccc(S(=O)(=O)Nc2ccc(C)cc2C)cc1[N+](=O)[O-]. The van der Waals surface area contributed by atoms with E-state index in [-0.39, 0.29) is 16.6 Å². The van der Waals surface area contributed by atoms with Gasteiger partial charge in [-0.2, -0.15) is 11.8 Å². The first-order valence-corrected chi connectivity index (χ1v) is 11.2. The van der Waals surface area contributed by atoms with Gasteiger partial charge in [0.15, 0.2) is 0 Å². The van der Waals surface area contributed by atoms with Crippen LogP contribution in [0, 0.1) is 24.0 Å². The van der Waals surface area contributed by atoms with Gasteiger partial charge in [-0.05, 0) is 50.8 Å². The number of aryl methyl sites for hydroxylation is 2. The lowest BCUT2D eigenvalue weighted by Crippen LogP contribution is -2.19. The van der Waals surface area contributed by atoms with Crippen LogP contribution in [0.25, 0.3) is 0 Å². The van der Waals surface area contributed by atoms with Crippen molar-refractivity contribution in [1.29, 1.82) is 0 Å². The Kier molecular flexibility index (Phi) is 6.72. The predicted molar refractivity (Wildman–Crippen MR) is 111 cm³/mol. The maximum Gasteiger partial charge on any atom is 0.293 e. The zero-order chi connectivity index (χ0) is 20.2. The highest BCUT2D eigenvalue weighted by Crippen LogP contribution is 2.30. The van der Waals surface area contributed by atoms with Crippen molar-refractivity contribution in [1.82, 2.24) is 0 Å². The van der Waals surface area contributed by atoms with E-state index in [0.717, 1.165) is 22.9 Å². The Labute approximate surface area is 163 Å². The van der Waals surface area contributed by atoms with Crippen LogP contribution in [0.2, 0.25) is 0 Å². The fourth-order valence-corrected chi connectivity index (χ4v) is 4.37. The van der Waals surface area contributed by atoms with Gasteiger partial charge in [0.25, 0.3) is 15.7 Å². The third-order valence-corrected chi connectivity index (χ3v) is 6.12. The summed E-state index contributed by atoms with van der Waals surface area (Å²) >= 11 is 1.62. The van der Waals surface area contributed by atoms with Gasteiger partial charge in [0.2, 0.25) is 0 Å². The smallest absolute Gasteiger partial charge is 0.293 e. The minimum Gasteiger partial charge on any atom is -0.376 e. The summed E-state index contributed by atoms with van der Waals surface area (Å²) in [5, 5.41) is 14.5. The van der Waals surface area contributed by atoms with Crippen LogP contribution in [0.5, 0.6) is 0 Å². The van der Waals surface area contributed by atoms with Gasteiger partial charge in [-0.3, -0.25) is 14.8 Å². The second-order valence-corrected chi connectivity index (χ2v) is 8.95. The fraction of sp³-hybridized carbons (Fsp3) is 0.333. The van der Waals surface area contributed by atoms with Crippen LogP contribution in [0.1, 0.15) is 18.1 Å². The molecule has 0 aliphatic carbocycles. The molecule has 2 aromatic rings. The molecule has 2 N–H and O–H groups in total. The molecule has 0 bridgehead atoms. The van der Waals surface area contributed by atoms with E-state index in [1.807, 2.05) is 26.2 Å². The molecule has 0 aliphatic rings. The quantitative estimate of drug-likeness (QED) is 0.501. The molecule has 9 heteroatoms. The lowest BCUT2D eigenvalue weighted by atomic mass is 10.1. The number of hydrogen-bond acceptors (Lipinski definition) is 6. The topological polar surface area (TPSA) is 101 Å².